The van der Waals surface area contributed by atoms with Crippen LogP contribution in [0.4, 0.5) is 11.4 Å². The summed E-state index contributed by atoms with van der Waals surface area (Å²) in [5, 5.41) is 5.92. The maximum Gasteiger partial charge on any atom is 0.253 e. The summed E-state index contributed by atoms with van der Waals surface area (Å²) in [4.78, 5) is 25.7. The third-order valence-corrected chi connectivity index (χ3v) is 4.61. The molecule has 2 N–H and O–H groups in total. The molecule has 0 saturated heterocycles. The Morgan fingerprint density at radius 3 is 2.32 bits per heavy atom. The quantitative estimate of drug-likeness (QED) is 0.551. The molecule has 0 bridgehead atoms. The smallest absolute Gasteiger partial charge is 0.253 e. The molecule has 0 spiro atoms. The van der Waals surface area contributed by atoms with E-state index >= 15 is 0 Å². The maximum atomic E-state index is 12.2. The Morgan fingerprint density at radius 2 is 1.61 bits per heavy atom. The molecule has 0 aliphatic rings. The number of anilines is 2. The Bertz CT molecular complexity index is 1000. The van der Waals surface area contributed by atoms with E-state index in [0.717, 1.165) is 17.9 Å². The highest BCUT2D eigenvalue weighted by atomic mass is 16.5. The molecule has 6 heteroatoms. The van der Waals surface area contributed by atoms with E-state index in [4.69, 9.17) is 4.74 Å². The van der Waals surface area contributed by atoms with Crippen molar-refractivity contribution >= 4 is 23.2 Å². The highest BCUT2D eigenvalue weighted by molar-refractivity contribution is 5.96. The number of hydrogen-bond donors (Lipinski definition) is 2. The van der Waals surface area contributed by atoms with E-state index in [-0.39, 0.29) is 18.4 Å². The van der Waals surface area contributed by atoms with Gasteiger partial charge in [0.25, 0.3) is 5.91 Å². The minimum atomic E-state index is -0.179. The molecular weight excluding hydrogens is 390 g/mol. The van der Waals surface area contributed by atoms with Crippen molar-refractivity contribution in [3.05, 3.63) is 90.0 Å². The molecule has 0 heterocycles. The number of nitrogens with one attached hydrogen (secondary N) is 2. The maximum absolute atomic E-state index is 12.2. The van der Waals surface area contributed by atoms with Crippen LogP contribution in [0.25, 0.3) is 0 Å². The number of rotatable bonds is 9. The highest BCUT2D eigenvalue weighted by Crippen LogP contribution is 2.18. The average Bonchev–Trinajstić information content (AvgIpc) is 2.79. The van der Waals surface area contributed by atoms with Gasteiger partial charge in [-0.25, -0.2) is 0 Å². The summed E-state index contributed by atoms with van der Waals surface area (Å²) < 4.78 is 5.83. The van der Waals surface area contributed by atoms with Gasteiger partial charge in [0.1, 0.15) is 5.75 Å². The lowest BCUT2D eigenvalue weighted by Crippen LogP contribution is -2.23. The van der Waals surface area contributed by atoms with Crippen LogP contribution in [0.1, 0.15) is 15.9 Å². The van der Waals surface area contributed by atoms with E-state index in [2.05, 4.69) is 22.8 Å². The Kier molecular flexibility index (Phi) is 7.65. The predicted octanol–water partition coefficient (Wildman–Crippen LogP) is 4.06. The van der Waals surface area contributed by atoms with Crippen LogP contribution >= 0.6 is 0 Å². The fourth-order valence-electron chi connectivity index (χ4n) is 2.97. The molecule has 160 valence electrons. The number of hydrogen-bond acceptors (Lipinski definition) is 4. The average molecular weight is 418 g/mol. The minimum Gasteiger partial charge on any atom is -0.493 e. The monoisotopic (exact) mass is 417 g/mol. The summed E-state index contributed by atoms with van der Waals surface area (Å²) >= 11 is 0. The standard InChI is InChI=1S/C25H27N3O3/c1-28(2)25(30)20-11-13-21(14-12-20)27-24(29)18-26-22-9-6-10-23(17-22)31-16-15-19-7-4-3-5-8-19/h3-14,17,26H,15-16,18H2,1-2H3,(H,27,29). The second-order valence-electron chi connectivity index (χ2n) is 7.29. The lowest BCUT2D eigenvalue weighted by Gasteiger charge is -2.12. The summed E-state index contributed by atoms with van der Waals surface area (Å²) in [7, 11) is 3.40. The van der Waals surface area contributed by atoms with Crippen molar-refractivity contribution in [2.75, 3.05) is 37.9 Å². The van der Waals surface area contributed by atoms with Gasteiger partial charge in [0.15, 0.2) is 0 Å². The minimum absolute atomic E-state index is 0.0783. The van der Waals surface area contributed by atoms with E-state index in [9.17, 15) is 9.59 Å². The molecule has 0 aromatic heterocycles. The zero-order valence-corrected chi connectivity index (χ0v) is 17.8. The lowest BCUT2D eigenvalue weighted by molar-refractivity contribution is -0.114. The molecule has 2 amide bonds. The molecule has 0 saturated carbocycles. The number of amides is 2. The Balaban J connectivity index is 1.45. The second-order valence-corrected chi connectivity index (χ2v) is 7.29. The van der Waals surface area contributed by atoms with Crippen molar-refractivity contribution in [3.63, 3.8) is 0 Å². The lowest BCUT2D eigenvalue weighted by atomic mass is 10.2. The molecule has 0 atom stereocenters. The van der Waals surface area contributed by atoms with Crippen LogP contribution in [-0.2, 0) is 11.2 Å². The van der Waals surface area contributed by atoms with Crippen molar-refractivity contribution in [3.8, 4) is 5.75 Å². The molecule has 31 heavy (non-hydrogen) atoms. The molecule has 3 rings (SSSR count). The van der Waals surface area contributed by atoms with Gasteiger partial charge >= 0.3 is 0 Å². The number of carbonyl (C=O) groups is 2. The summed E-state index contributed by atoms with van der Waals surface area (Å²) in [5.74, 6) is 0.495. The van der Waals surface area contributed by atoms with E-state index < -0.39 is 0 Å². The second kappa shape index (κ2) is 10.8. The first-order valence-corrected chi connectivity index (χ1v) is 10.1. The van der Waals surface area contributed by atoms with Gasteiger partial charge in [0.2, 0.25) is 5.91 Å². The van der Waals surface area contributed by atoms with Gasteiger partial charge in [-0.2, -0.15) is 0 Å². The third kappa shape index (κ3) is 6.89. The highest BCUT2D eigenvalue weighted by Gasteiger charge is 2.08. The van der Waals surface area contributed by atoms with E-state index in [1.165, 1.54) is 10.5 Å². The van der Waals surface area contributed by atoms with Gasteiger partial charge in [-0.05, 0) is 42.0 Å². The molecule has 0 radical (unpaired) electrons. The van der Waals surface area contributed by atoms with Gasteiger partial charge in [-0.1, -0.05) is 36.4 Å². The van der Waals surface area contributed by atoms with Crippen molar-refractivity contribution in [2.24, 2.45) is 0 Å². The fraction of sp³-hybridized carbons (Fsp3) is 0.200. The van der Waals surface area contributed by atoms with Gasteiger partial charge < -0.3 is 20.3 Å². The summed E-state index contributed by atoms with van der Waals surface area (Å²) in [6.07, 6.45) is 0.833. The Labute approximate surface area is 182 Å². The van der Waals surface area contributed by atoms with E-state index in [1.807, 2.05) is 42.5 Å². The normalized spacial score (nSPS) is 10.3. The summed E-state index contributed by atoms with van der Waals surface area (Å²) in [6, 6.07) is 24.6. The zero-order chi connectivity index (χ0) is 22.1. The molecule has 6 nitrogen and oxygen atoms in total. The van der Waals surface area contributed by atoms with Crippen LogP contribution in [0.15, 0.2) is 78.9 Å². The third-order valence-electron chi connectivity index (χ3n) is 4.61. The molecule has 3 aromatic carbocycles. The van der Waals surface area contributed by atoms with Crippen LogP contribution in [-0.4, -0.2) is 44.0 Å². The van der Waals surface area contributed by atoms with E-state index in [1.54, 1.807) is 38.4 Å². The zero-order valence-electron chi connectivity index (χ0n) is 17.8. The van der Waals surface area contributed by atoms with Crippen LogP contribution in [0.5, 0.6) is 5.75 Å². The first-order valence-electron chi connectivity index (χ1n) is 10.1. The topological polar surface area (TPSA) is 70.7 Å². The SMILES string of the molecule is CN(C)C(=O)c1ccc(NC(=O)CNc2cccc(OCCc3ccccc3)c2)cc1. The van der Waals surface area contributed by atoms with Gasteiger partial charge in [-0.3, -0.25) is 9.59 Å². The first-order chi connectivity index (χ1) is 15.0. The first kappa shape index (κ1) is 21.9. The number of nitrogens with zero attached hydrogens (tertiary/aromatic N) is 1. The van der Waals surface area contributed by atoms with Gasteiger partial charge in [-0.15, -0.1) is 0 Å². The van der Waals surface area contributed by atoms with Gasteiger partial charge in [0.05, 0.1) is 13.2 Å². The van der Waals surface area contributed by atoms with Crippen LogP contribution in [0.2, 0.25) is 0 Å². The van der Waals surface area contributed by atoms with E-state index in [0.29, 0.717) is 17.9 Å². The Morgan fingerprint density at radius 1 is 0.871 bits per heavy atom. The number of ether oxygens (including phenoxy) is 1. The van der Waals surface area contributed by atoms with Crippen molar-refractivity contribution in [1.29, 1.82) is 0 Å². The molecule has 0 aliphatic carbocycles. The van der Waals surface area contributed by atoms with Gasteiger partial charge in [0, 0.05) is 43.5 Å². The number of benzene rings is 3. The van der Waals surface area contributed by atoms with Crippen LogP contribution in [0, 0.1) is 0 Å². The molecule has 3 aromatic rings. The van der Waals surface area contributed by atoms with Crippen molar-refractivity contribution < 1.29 is 14.3 Å². The largest absolute Gasteiger partial charge is 0.493 e. The Hall–Kier alpha value is -3.80. The van der Waals surface area contributed by atoms with Crippen molar-refractivity contribution in [2.45, 2.75) is 6.42 Å². The predicted molar refractivity (Wildman–Crippen MR) is 124 cm³/mol. The number of carbonyl (C=O) groups excluding carboxylic acids is 2. The molecular formula is C25H27N3O3. The summed E-state index contributed by atoms with van der Waals surface area (Å²) in [5.41, 5.74) is 3.25. The molecule has 0 aliphatic heterocycles. The van der Waals surface area contributed by atoms with Crippen LogP contribution in [0.3, 0.4) is 0 Å². The van der Waals surface area contributed by atoms with Crippen molar-refractivity contribution in [1.82, 2.24) is 4.90 Å². The molecule has 0 fully saturated rings. The fourth-order valence-corrected chi connectivity index (χ4v) is 2.97. The van der Waals surface area contributed by atoms with Crippen LogP contribution < -0.4 is 15.4 Å². The summed E-state index contributed by atoms with van der Waals surface area (Å²) in [6.45, 7) is 0.701. The molecule has 0 unspecified atom stereocenters.